The normalized spacial score (nSPS) is 15.4. The van der Waals surface area contributed by atoms with Gasteiger partial charge in [0, 0.05) is 6.07 Å². The van der Waals surface area contributed by atoms with E-state index in [2.05, 4.69) is 21.2 Å². The maximum absolute atomic E-state index is 13.0. The van der Waals surface area contributed by atoms with Gasteiger partial charge in [-0.05, 0) is 70.1 Å². The predicted molar refractivity (Wildman–Crippen MR) is 112 cm³/mol. The summed E-state index contributed by atoms with van der Waals surface area (Å²) < 4.78 is 5.13. The summed E-state index contributed by atoms with van der Waals surface area (Å²) in [5, 5.41) is 23.2. The number of ether oxygens (including phenoxy) is 1. The van der Waals surface area contributed by atoms with Gasteiger partial charge in [-0.3, -0.25) is 29.9 Å². The van der Waals surface area contributed by atoms with Crippen molar-refractivity contribution >= 4 is 62.5 Å². The molecule has 0 radical (unpaired) electrons. The Bertz CT molecular complexity index is 1080. The Labute approximate surface area is 177 Å². The van der Waals surface area contributed by atoms with Crippen molar-refractivity contribution in [2.45, 2.75) is 0 Å². The average molecular weight is 478 g/mol. The van der Waals surface area contributed by atoms with Crippen molar-refractivity contribution in [3.8, 4) is 11.5 Å². The minimum Gasteiger partial charge on any atom is -0.501 e. The lowest BCUT2D eigenvalue weighted by Gasteiger charge is -2.29. The molecule has 2 aromatic carbocycles. The molecule has 0 aromatic heterocycles. The topological polar surface area (TPSA) is 122 Å². The summed E-state index contributed by atoms with van der Waals surface area (Å²) in [7, 11) is 1.50. The molecule has 1 fully saturated rings. The molecular weight excluding hydrogens is 466 g/mol. The van der Waals surface area contributed by atoms with Gasteiger partial charge < -0.3 is 9.84 Å². The molecule has 2 aromatic rings. The Morgan fingerprint density at radius 3 is 2.52 bits per heavy atom. The highest BCUT2D eigenvalue weighted by Crippen LogP contribution is 2.36. The fourth-order valence-electron chi connectivity index (χ4n) is 2.62. The zero-order chi connectivity index (χ0) is 21.3. The molecule has 2 N–H and O–H groups in total. The molecule has 0 unspecified atom stereocenters. The highest BCUT2D eigenvalue weighted by molar-refractivity contribution is 9.10. The molecule has 0 spiro atoms. The third-order valence-corrected chi connectivity index (χ3v) is 4.89. The van der Waals surface area contributed by atoms with Crippen LogP contribution in [0.1, 0.15) is 5.56 Å². The van der Waals surface area contributed by atoms with Crippen molar-refractivity contribution in [3.05, 3.63) is 62.1 Å². The molecular formula is C18H12BrN3O6S. The first kappa shape index (κ1) is 20.4. The number of halogens is 1. The number of benzene rings is 2. The Kier molecular flexibility index (Phi) is 5.62. The van der Waals surface area contributed by atoms with E-state index in [0.717, 1.165) is 11.0 Å². The third-order valence-electron chi connectivity index (χ3n) is 4.01. The fourth-order valence-corrected chi connectivity index (χ4v) is 3.37. The molecule has 3 rings (SSSR count). The van der Waals surface area contributed by atoms with Crippen LogP contribution in [-0.2, 0) is 9.59 Å². The summed E-state index contributed by atoms with van der Waals surface area (Å²) >= 11 is 8.14. The minimum absolute atomic E-state index is 0.0461. The SMILES string of the molecule is COc1ccc(N2C(=O)C(=Cc3cc(Br)c(O)c([N+](=O)[O-])c3)C(=O)NC2=S)cc1. The van der Waals surface area contributed by atoms with Crippen molar-refractivity contribution in [2.24, 2.45) is 0 Å². The Morgan fingerprint density at radius 2 is 1.93 bits per heavy atom. The molecule has 0 aliphatic carbocycles. The van der Waals surface area contributed by atoms with Gasteiger partial charge in [-0.25, -0.2) is 0 Å². The molecule has 1 heterocycles. The van der Waals surface area contributed by atoms with Crippen LogP contribution in [-0.4, -0.2) is 34.1 Å². The Balaban J connectivity index is 2.04. The van der Waals surface area contributed by atoms with Crippen LogP contribution < -0.4 is 15.0 Å². The predicted octanol–water partition coefficient (Wildman–Crippen LogP) is 2.90. The van der Waals surface area contributed by atoms with Gasteiger partial charge in [0.25, 0.3) is 11.8 Å². The zero-order valence-corrected chi connectivity index (χ0v) is 17.1. The van der Waals surface area contributed by atoms with Gasteiger partial charge in [-0.2, -0.15) is 0 Å². The largest absolute Gasteiger partial charge is 0.501 e. The summed E-state index contributed by atoms with van der Waals surface area (Å²) in [6.07, 6.45) is 1.19. The van der Waals surface area contributed by atoms with E-state index in [-0.39, 0.29) is 20.7 Å². The molecule has 1 saturated heterocycles. The Morgan fingerprint density at radius 1 is 1.28 bits per heavy atom. The molecule has 2 amide bonds. The fraction of sp³-hybridized carbons (Fsp3) is 0.0556. The van der Waals surface area contributed by atoms with Gasteiger partial charge in [-0.1, -0.05) is 0 Å². The number of hydrogen-bond donors (Lipinski definition) is 2. The standard InChI is InChI=1S/C18H12BrN3O6S/c1-28-11-4-2-10(3-5-11)21-17(25)12(16(24)20-18(21)29)6-9-7-13(19)15(23)14(8-9)22(26)27/h2-8,23H,1H3,(H,20,24,29). The molecule has 11 heteroatoms. The van der Waals surface area contributed by atoms with E-state index in [4.69, 9.17) is 17.0 Å². The van der Waals surface area contributed by atoms with Gasteiger partial charge >= 0.3 is 5.69 Å². The van der Waals surface area contributed by atoms with Crippen LogP contribution >= 0.6 is 28.1 Å². The zero-order valence-electron chi connectivity index (χ0n) is 14.7. The van der Waals surface area contributed by atoms with E-state index < -0.39 is 28.2 Å². The van der Waals surface area contributed by atoms with Gasteiger partial charge in [0.1, 0.15) is 11.3 Å². The first-order chi connectivity index (χ1) is 13.7. The highest BCUT2D eigenvalue weighted by atomic mass is 79.9. The first-order valence-corrected chi connectivity index (χ1v) is 9.15. The van der Waals surface area contributed by atoms with Crippen LogP contribution in [0.15, 0.2) is 46.4 Å². The van der Waals surface area contributed by atoms with E-state index in [1.54, 1.807) is 24.3 Å². The molecule has 9 nitrogen and oxygen atoms in total. The molecule has 0 saturated carbocycles. The second kappa shape index (κ2) is 7.97. The van der Waals surface area contributed by atoms with Gasteiger partial charge in [0.15, 0.2) is 5.11 Å². The molecule has 0 bridgehead atoms. The highest BCUT2D eigenvalue weighted by Gasteiger charge is 2.34. The van der Waals surface area contributed by atoms with Crippen LogP contribution in [0.5, 0.6) is 11.5 Å². The molecule has 148 valence electrons. The number of anilines is 1. The van der Waals surface area contributed by atoms with Crippen LogP contribution in [0.4, 0.5) is 11.4 Å². The summed E-state index contributed by atoms with van der Waals surface area (Å²) in [5.74, 6) is -1.42. The summed E-state index contributed by atoms with van der Waals surface area (Å²) in [5.41, 5.74) is -0.273. The maximum Gasteiger partial charge on any atom is 0.312 e. The van der Waals surface area contributed by atoms with E-state index in [1.807, 2.05) is 0 Å². The number of nitrogens with zero attached hydrogens (tertiary/aromatic N) is 2. The van der Waals surface area contributed by atoms with Crippen molar-refractivity contribution in [2.75, 3.05) is 12.0 Å². The first-order valence-electron chi connectivity index (χ1n) is 7.95. The number of phenolic OH excluding ortho intramolecular Hbond substituents is 1. The third kappa shape index (κ3) is 3.96. The van der Waals surface area contributed by atoms with Crippen LogP contribution in [0.25, 0.3) is 6.08 Å². The van der Waals surface area contributed by atoms with E-state index in [1.165, 1.54) is 19.3 Å². The van der Waals surface area contributed by atoms with Crippen molar-refractivity contribution in [1.29, 1.82) is 0 Å². The van der Waals surface area contributed by atoms with Gasteiger partial charge in [0.05, 0.1) is 22.2 Å². The molecule has 1 aliphatic rings. The number of rotatable bonds is 4. The monoisotopic (exact) mass is 477 g/mol. The Hall–Kier alpha value is -3.31. The number of nitro groups is 1. The molecule has 0 atom stereocenters. The lowest BCUT2D eigenvalue weighted by Crippen LogP contribution is -2.54. The lowest BCUT2D eigenvalue weighted by atomic mass is 10.1. The smallest absolute Gasteiger partial charge is 0.312 e. The van der Waals surface area contributed by atoms with Crippen LogP contribution in [0.3, 0.4) is 0 Å². The number of nitrogens with one attached hydrogen (secondary N) is 1. The van der Waals surface area contributed by atoms with Crippen molar-refractivity contribution < 1.29 is 24.4 Å². The van der Waals surface area contributed by atoms with E-state index >= 15 is 0 Å². The summed E-state index contributed by atoms with van der Waals surface area (Å²) in [4.78, 5) is 36.8. The quantitative estimate of drug-likeness (QED) is 0.228. The number of methoxy groups -OCH3 is 1. The number of nitro benzene ring substituents is 1. The summed E-state index contributed by atoms with van der Waals surface area (Å²) in [6.45, 7) is 0. The number of carbonyl (C=O) groups excluding carboxylic acids is 2. The van der Waals surface area contributed by atoms with Crippen LogP contribution in [0.2, 0.25) is 0 Å². The van der Waals surface area contributed by atoms with Gasteiger partial charge in [0.2, 0.25) is 5.75 Å². The number of aromatic hydroxyl groups is 1. The number of hydrogen-bond acceptors (Lipinski definition) is 7. The number of phenols is 1. The average Bonchev–Trinajstić information content (AvgIpc) is 2.67. The molecule has 29 heavy (non-hydrogen) atoms. The second-order valence-electron chi connectivity index (χ2n) is 5.78. The minimum atomic E-state index is -0.774. The van der Waals surface area contributed by atoms with Crippen LogP contribution in [0, 0.1) is 10.1 Å². The lowest BCUT2D eigenvalue weighted by molar-refractivity contribution is -0.386. The molecule has 1 aliphatic heterocycles. The number of thiocarbonyl (C=S) groups is 1. The number of amides is 2. The summed E-state index contributed by atoms with van der Waals surface area (Å²) in [6, 6.07) is 8.86. The van der Waals surface area contributed by atoms with E-state index in [9.17, 15) is 24.8 Å². The van der Waals surface area contributed by atoms with E-state index in [0.29, 0.717) is 11.4 Å². The maximum atomic E-state index is 13.0. The van der Waals surface area contributed by atoms with Crippen molar-refractivity contribution in [3.63, 3.8) is 0 Å². The second-order valence-corrected chi connectivity index (χ2v) is 7.02. The van der Waals surface area contributed by atoms with Crippen molar-refractivity contribution in [1.82, 2.24) is 5.32 Å². The van der Waals surface area contributed by atoms with Gasteiger partial charge in [-0.15, -0.1) is 0 Å². The number of carbonyl (C=O) groups is 2.